The number of hydrogen-bond donors (Lipinski definition) is 3. The van der Waals surface area contributed by atoms with Crippen molar-refractivity contribution in [1.82, 2.24) is 20.4 Å². The van der Waals surface area contributed by atoms with Crippen molar-refractivity contribution >= 4 is 17.2 Å². The van der Waals surface area contributed by atoms with E-state index < -0.39 is 23.4 Å². The van der Waals surface area contributed by atoms with E-state index in [0.717, 1.165) is 0 Å². The van der Waals surface area contributed by atoms with Crippen molar-refractivity contribution in [3.8, 4) is 0 Å². The van der Waals surface area contributed by atoms with Gasteiger partial charge >= 0.3 is 6.18 Å². The number of rotatable bonds is 6. The van der Waals surface area contributed by atoms with Gasteiger partial charge in [-0.3, -0.25) is 5.41 Å². The van der Waals surface area contributed by atoms with Gasteiger partial charge in [-0.05, 0) is 12.1 Å². The van der Waals surface area contributed by atoms with Crippen LogP contribution < -0.4 is 11.1 Å². The molecule has 2 heterocycles. The van der Waals surface area contributed by atoms with E-state index in [1.165, 1.54) is 24.5 Å². The van der Waals surface area contributed by atoms with Gasteiger partial charge in [-0.25, -0.2) is 14.4 Å². The number of hydrogen-bond acceptors (Lipinski definition) is 7. The van der Waals surface area contributed by atoms with E-state index in [2.05, 4.69) is 20.4 Å². The third kappa shape index (κ3) is 4.75. The van der Waals surface area contributed by atoms with Gasteiger partial charge in [-0.2, -0.15) is 13.2 Å². The first kappa shape index (κ1) is 20.0. The fourth-order valence-corrected chi connectivity index (χ4v) is 2.35. The molecule has 0 amide bonds. The van der Waals surface area contributed by atoms with Crippen LogP contribution in [0.25, 0.3) is 5.70 Å². The molecular weight excluding hydrogens is 392 g/mol. The van der Waals surface area contributed by atoms with Gasteiger partial charge in [-0.15, -0.1) is 0 Å². The maximum atomic E-state index is 13.8. The van der Waals surface area contributed by atoms with Gasteiger partial charge in [-0.1, -0.05) is 23.4 Å². The standard InChI is InChI=1S/C18H14F4N6O/c19-12-4-2-1-3-10(12)8-25-15(14-5-6-29-28-14)7-13(23)17-26-9-11(16(24)27-17)18(20,21)22/h1-7,9,23,25H,8H2,(H2,24,26,27)/b15-7-,23-13?. The Morgan fingerprint density at radius 3 is 2.62 bits per heavy atom. The molecule has 0 atom stereocenters. The highest BCUT2D eigenvalue weighted by atomic mass is 19.4. The van der Waals surface area contributed by atoms with Crippen molar-refractivity contribution in [2.24, 2.45) is 0 Å². The molecule has 29 heavy (non-hydrogen) atoms. The first-order valence-electron chi connectivity index (χ1n) is 8.14. The summed E-state index contributed by atoms with van der Waals surface area (Å²) in [5, 5.41) is 14.8. The lowest BCUT2D eigenvalue weighted by Crippen LogP contribution is -2.17. The average Bonchev–Trinajstić information content (AvgIpc) is 3.19. The zero-order valence-corrected chi connectivity index (χ0v) is 14.7. The first-order valence-corrected chi connectivity index (χ1v) is 8.14. The van der Waals surface area contributed by atoms with Crippen molar-refractivity contribution in [3.05, 3.63) is 77.3 Å². The van der Waals surface area contributed by atoms with Crippen LogP contribution in [0, 0.1) is 11.2 Å². The van der Waals surface area contributed by atoms with Gasteiger partial charge in [0.2, 0.25) is 0 Å². The lowest BCUT2D eigenvalue weighted by molar-refractivity contribution is -0.137. The highest BCUT2D eigenvalue weighted by molar-refractivity contribution is 6.07. The van der Waals surface area contributed by atoms with Crippen LogP contribution in [0.1, 0.15) is 22.6 Å². The summed E-state index contributed by atoms with van der Waals surface area (Å²) in [6.45, 7) is 0.0641. The maximum Gasteiger partial charge on any atom is 0.421 e. The van der Waals surface area contributed by atoms with Gasteiger partial charge in [0, 0.05) is 24.4 Å². The summed E-state index contributed by atoms with van der Waals surface area (Å²) in [4.78, 5) is 7.11. The normalized spacial score (nSPS) is 12.1. The number of alkyl halides is 3. The lowest BCUT2D eigenvalue weighted by Gasteiger charge is -2.11. The molecule has 11 heteroatoms. The molecule has 4 N–H and O–H groups in total. The fraction of sp³-hybridized carbons (Fsp3) is 0.111. The van der Waals surface area contributed by atoms with E-state index >= 15 is 0 Å². The molecule has 1 aromatic carbocycles. The molecule has 150 valence electrons. The molecule has 0 saturated heterocycles. The molecule has 0 unspecified atom stereocenters. The van der Waals surface area contributed by atoms with Gasteiger partial charge in [0.15, 0.2) is 5.82 Å². The molecule has 0 saturated carbocycles. The molecule has 2 aromatic heterocycles. The van der Waals surface area contributed by atoms with E-state index in [0.29, 0.717) is 17.5 Å². The molecule has 0 bridgehead atoms. The molecule has 0 aliphatic rings. The van der Waals surface area contributed by atoms with E-state index in [-0.39, 0.29) is 23.8 Å². The van der Waals surface area contributed by atoms with Crippen molar-refractivity contribution in [2.45, 2.75) is 12.7 Å². The van der Waals surface area contributed by atoms with Crippen molar-refractivity contribution < 1.29 is 22.1 Å². The number of nitrogens with zero attached hydrogens (tertiary/aromatic N) is 3. The number of nitrogen functional groups attached to an aromatic ring is 1. The van der Waals surface area contributed by atoms with Crippen LogP contribution in [0.15, 0.2) is 53.4 Å². The Morgan fingerprint density at radius 2 is 2.00 bits per heavy atom. The Bertz CT molecular complexity index is 1050. The van der Waals surface area contributed by atoms with Crippen LogP contribution in [0.2, 0.25) is 0 Å². The van der Waals surface area contributed by atoms with Crippen molar-refractivity contribution in [3.63, 3.8) is 0 Å². The van der Waals surface area contributed by atoms with Gasteiger partial charge in [0.05, 0.1) is 5.70 Å². The SMILES string of the molecule is N=C(/C=C(\NCc1ccccc1F)c1ccon1)c1ncc(C(F)(F)F)c(N)n1. The Hall–Kier alpha value is -3.76. The van der Waals surface area contributed by atoms with E-state index in [1.807, 2.05) is 0 Å². The van der Waals surface area contributed by atoms with Crippen LogP contribution in [0.3, 0.4) is 0 Å². The van der Waals surface area contributed by atoms with Crippen LogP contribution >= 0.6 is 0 Å². The number of halogens is 4. The second kappa shape index (κ2) is 8.09. The molecule has 0 aliphatic heterocycles. The molecule has 0 radical (unpaired) electrons. The minimum absolute atomic E-state index is 0.0641. The fourth-order valence-electron chi connectivity index (χ4n) is 2.35. The second-order valence-corrected chi connectivity index (χ2v) is 5.79. The quantitative estimate of drug-likeness (QED) is 0.427. The van der Waals surface area contributed by atoms with E-state index in [9.17, 15) is 17.6 Å². The smallest absolute Gasteiger partial charge is 0.383 e. The maximum absolute atomic E-state index is 13.8. The second-order valence-electron chi connectivity index (χ2n) is 5.79. The minimum Gasteiger partial charge on any atom is -0.383 e. The predicted octanol–water partition coefficient (Wildman–Crippen LogP) is 3.40. The molecule has 0 fully saturated rings. The molecular formula is C18H14F4N6O. The molecule has 3 aromatic rings. The topological polar surface area (TPSA) is 114 Å². The minimum atomic E-state index is -4.70. The lowest BCUT2D eigenvalue weighted by atomic mass is 10.2. The van der Waals surface area contributed by atoms with Gasteiger partial charge < -0.3 is 15.6 Å². The summed E-state index contributed by atoms with van der Waals surface area (Å²) in [6.07, 6.45) is -1.65. The van der Waals surface area contributed by atoms with Crippen LogP contribution in [0.5, 0.6) is 0 Å². The zero-order valence-electron chi connectivity index (χ0n) is 14.7. The largest absolute Gasteiger partial charge is 0.421 e. The number of aromatic nitrogens is 3. The number of anilines is 1. The van der Waals surface area contributed by atoms with Gasteiger partial charge in [0.1, 0.15) is 34.9 Å². The highest BCUT2D eigenvalue weighted by Crippen LogP contribution is 2.31. The monoisotopic (exact) mass is 406 g/mol. The van der Waals surface area contributed by atoms with Crippen LogP contribution in [-0.4, -0.2) is 20.8 Å². The first-order chi connectivity index (χ1) is 13.8. The highest BCUT2D eigenvalue weighted by Gasteiger charge is 2.34. The summed E-state index contributed by atoms with van der Waals surface area (Å²) in [5.41, 5.74) is 4.75. The summed E-state index contributed by atoms with van der Waals surface area (Å²) in [6, 6.07) is 7.59. The Balaban J connectivity index is 1.87. The number of allylic oxidation sites excluding steroid dienone is 1. The summed E-state index contributed by atoms with van der Waals surface area (Å²) in [7, 11) is 0. The number of benzene rings is 1. The summed E-state index contributed by atoms with van der Waals surface area (Å²) >= 11 is 0. The third-order valence-corrected chi connectivity index (χ3v) is 3.79. The van der Waals surface area contributed by atoms with Crippen molar-refractivity contribution in [1.29, 1.82) is 5.41 Å². The van der Waals surface area contributed by atoms with Crippen molar-refractivity contribution in [2.75, 3.05) is 5.73 Å². The summed E-state index contributed by atoms with van der Waals surface area (Å²) < 4.78 is 57.0. The van der Waals surface area contributed by atoms with Gasteiger partial charge in [0.25, 0.3) is 0 Å². The Labute approximate surface area is 161 Å². The van der Waals surface area contributed by atoms with Crippen LogP contribution in [0.4, 0.5) is 23.4 Å². The molecule has 3 rings (SSSR count). The molecule has 7 nitrogen and oxygen atoms in total. The number of nitrogens with one attached hydrogen (secondary N) is 2. The van der Waals surface area contributed by atoms with E-state index in [4.69, 9.17) is 15.7 Å². The van der Waals surface area contributed by atoms with Crippen LogP contribution in [-0.2, 0) is 12.7 Å². The zero-order chi connectivity index (χ0) is 21.0. The molecule has 0 aliphatic carbocycles. The van der Waals surface area contributed by atoms with E-state index in [1.54, 1.807) is 18.2 Å². The average molecular weight is 406 g/mol. The molecule has 0 spiro atoms. The third-order valence-electron chi connectivity index (χ3n) is 3.79. The Morgan fingerprint density at radius 1 is 1.24 bits per heavy atom. The Kier molecular flexibility index (Phi) is 5.57. The predicted molar refractivity (Wildman–Crippen MR) is 96.0 cm³/mol. The summed E-state index contributed by atoms with van der Waals surface area (Å²) in [5.74, 6) is -1.53. The number of nitrogens with two attached hydrogens (primary N) is 1.